The molecule has 0 rings (SSSR count). The van der Waals surface area contributed by atoms with Gasteiger partial charge in [-0.2, -0.15) is 0 Å². The molecule has 0 aliphatic rings. The number of unbranched alkanes of at least 4 members (excludes halogenated alkanes) is 41. The SMILES string of the molecule is CCCCCCCCCCCCCCCCCCCC(=O)O[C@H](COC(=O)CCCCCCCCCCCCCCCC(C)C)COP(=O)(O)OC[C@@H](O)COP(=O)(O)OC[C@@H](COC(=O)CCCCCCCCCC(C)C)OC(=O)CCCCCCCCCCC(C)C. The number of phosphoric acid groups is 2. The molecule has 0 saturated heterocycles. The monoisotopic (exact) mass is 1380 g/mol. The van der Waals surface area contributed by atoms with Gasteiger partial charge in [0.15, 0.2) is 12.2 Å². The fourth-order valence-corrected chi connectivity index (χ4v) is 13.0. The molecule has 0 aromatic rings. The van der Waals surface area contributed by atoms with Crippen molar-refractivity contribution in [1.29, 1.82) is 0 Å². The van der Waals surface area contributed by atoms with Crippen molar-refractivity contribution in [3.63, 3.8) is 0 Å². The maximum atomic E-state index is 13.1. The van der Waals surface area contributed by atoms with E-state index in [1.807, 2.05) is 0 Å². The molecule has 94 heavy (non-hydrogen) atoms. The van der Waals surface area contributed by atoms with E-state index in [4.69, 9.17) is 37.0 Å². The maximum Gasteiger partial charge on any atom is 0.472 e. The summed E-state index contributed by atoms with van der Waals surface area (Å²) in [6, 6.07) is 0. The van der Waals surface area contributed by atoms with E-state index in [0.29, 0.717) is 31.6 Å². The first-order chi connectivity index (χ1) is 45.2. The van der Waals surface area contributed by atoms with Gasteiger partial charge >= 0.3 is 39.5 Å². The van der Waals surface area contributed by atoms with Crippen LogP contribution in [0.4, 0.5) is 0 Å². The van der Waals surface area contributed by atoms with Crippen molar-refractivity contribution in [3.05, 3.63) is 0 Å². The molecule has 0 aromatic carbocycles. The average Bonchev–Trinajstić information content (AvgIpc) is 1.28. The highest BCUT2D eigenvalue weighted by atomic mass is 31.2. The Kier molecular flexibility index (Phi) is 64.3. The minimum absolute atomic E-state index is 0.104. The zero-order valence-electron chi connectivity index (χ0n) is 61.4. The summed E-state index contributed by atoms with van der Waals surface area (Å²) < 4.78 is 68.5. The van der Waals surface area contributed by atoms with E-state index in [9.17, 15) is 43.2 Å². The molecule has 19 heteroatoms. The fraction of sp³-hybridized carbons (Fsp3) is 0.947. The van der Waals surface area contributed by atoms with Gasteiger partial charge in [-0.1, -0.05) is 331 Å². The van der Waals surface area contributed by atoms with Gasteiger partial charge in [-0.05, 0) is 43.4 Å². The summed E-state index contributed by atoms with van der Waals surface area (Å²) in [5.41, 5.74) is 0. The van der Waals surface area contributed by atoms with E-state index < -0.39 is 97.5 Å². The molecule has 0 spiro atoms. The number of rotatable bonds is 73. The molecule has 558 valence electrons. The predicted octanol–water partition coefficient (Wildman–Crippen LogP) is 21.8. The van der Waals surface area contributed by atoms with Gasteiger partial charge in [0.05, 0.1) is 26.4 Å². The van der Waals surface area contributed by atoms with Crippen LogP contribution in [0.5, 0.6) is 0 Å². The van der Waals surface area contributed by atoms with Gasteiger partial charge in [0, 0.05) is 25.7 Å². The number of carbonyl (C=O) groups excluding carboxylic acids is 4. The number of aliphatic hydroxyl groups excluding tert-OH is 1. The van der Waals surface area contributed by atoms with E-state index in [2.05, 4.69) is 48.5 Å². The molecule has 0 heterocycles. The van der Waals surface area contributed by atoms with E-state index in [-0.39, 0.29) is 25.7 Å². The van der Waals surface area contributed by atoms with Crippen molar-refractivity contribution in [3.8, 4) is 0 Å². The Morgan fingerprint density at radius 1 is 0.287 bits per heavy atom. The summed E-state index contributed by atoms with van der Waals surface area (Å²) in [7, 11) is -9.91. The zero-order valence-corrected chi connectivity index (χ0v) is 63.2. The van der Waals surface area contributed by atoms with E-state index in [1.165, 1.54) is 186 Å². The van der Waals surface area contributed by atoms with E-state index in [1.54, 1.807) is 0 Å². The van der Waals surface area contributed by atoms with Crippen molar-refractivity contribution < 1.29 is 80.2 Å². The van der Waals surface area contributed by atoms with Gasteiger partial charge in [0.1, 0.15) is 19.3 Å². The Morgan fingerprint density at radius 2 is 0.489 bits per heavy atom. The molecule has 0 fully saturated rings. The smallest absolute Gasteiger partial charge is 0.462 e. The second-order valence-corrected chi connectivity index (χ2v) is 31.4. The molecule has 0 amide bonds. The van der Waals surface area contributed by atoms with Crippen LogP contribution >= 0.6 is 15.6 Å². The standard InChI is InChI=1S/C75H146O17P2/c1-8-9-10-11-12-13-14-15-16-17-18-21-25-28-36-44-51-58-74(79)91-70(62-85-72(77)56-49-42-35-27-24-22-19-20-23-26-32-39-46-53-66(2)3)64-89-93(81,82)87-60-69(76)61-88-94(83,84)90-65-71(63-86-73(78)57-50-43-38-31-34-41-48-55-68(6)7)92-75(80)59-52-45-37-30-29-33-40-47-54-67(4)5/h66-71,76H,8-65H2,1-7H3,(H,81,82)(H,83,84)/t69-,70-,71-/m1/s1. The molecular weight excluding hydrogens is 1230 g/mol. The van der Waals surface area contributed by atoms with Crippen LogP contribution in [0.2, 0.25) is 0 Å². The van der Waals surface area contributed by atoms with Crippen LogP contribution in [0.1, 0.15) is 382 Å². The van der Waals surface area contributed by atoms with Crippen molar-refractivity contribution in [2.24, 2.45) is 17.8 Å². The quantitative estimate of drug-likeness (QED) is 0.0222. The van der Waals surface area contributed by atoms with Crippen LogP contribution in [0.25, 0.3) is 0 Å². The molecule has 0 aromatic heterocycles. The number of aliphatic hydroxyl groups is 1. The number of hydrogen-bond acceptors (Lipinski definition) is 15. The molecule has 3 N–H and O–H groups in total. The molecule has 17 nitrogen and oxygen atoms in total. The van der Waals surface area contributed by atoms with Crippen molar-refractivity contribution in [2.75, 3.05) is 39.6 Å². The molecule has 0 aliphatic carbocycles. The topological polar surface area (TPSA) is 237 Å². The minimum atomic E-state index is -4.96. The van der Waals surface area contributed by atoms with Crippen LogP contribution in [0.3, 0.4) is 0 Å². The van der Waals surface area contributed by atoms with Gasteiger partial charge in [-0.3, -0.25) is 37.3 Å². The van der Waals surface area contributed by atoms with Crippen LogP contribution in [0, 0.1) is 17.8 Å². The van der Waals surface area contributed by atoms with E-state index >= 15 is 0 Å². The maximum absolute atomic E-state index is 13.1. The Labute approximate surface area is 575 Å². The molecule has 5 atom stereocenters. The van der Waals surface area contributed by atoms with E-state index in [0.717, 1.165) is 108 Å². The van der Waals surface area contributed by atoms with Crippen LogP contribution in [-0.4, -0.2) is 96.7 Å². The van der Waals surface area contributed by atoms with Crippen LogP contribution in [-0.2, 0) is 65.4 Å². The molecule has 0 aliphatic heterocycles. The van der Waals surface area contributed by atoms with Gasteiger partial charge in [0.2, 0.25) is 0 Å². The highest BCUT2D eigenvalue weighted by Gasteiger charge is 2.30. The van der Waals surface area contributed by atoms with Crippen LogP contribution < -0.4 is 0 Å². The second kappa shape index (κ2) is 65.7. The number of hydrogen-bond donors (Lipinski definition) is 3. The lowest BCUT2D eigenvalue weighted by molar-refractivity contribution is -0.161. The third-order valence-corrected chi connectivity index (χ3v) is 19.3. The predicted molar refractivity (Wildman–Crippen MR) is 381 cm³/mol. The Balaban J connectivity index is 5.24. The first-order valence-electron chi connectivity index (χ1n) is 38.8. The largest absolute Gasteiger partial charge is 0.472 e. The summed E-state index contributed by atoms with van der Waals surface area (Å²) in [4.78, 5) is 72.7. The van der Waals surface area contributed by atoms with Gasteiger partial charge in [0.25, 0.3) is 0 Å². The summed E-state index contributed by atoms with van der Waals surface area (Å²) in [5.74, 6) is 0.0933. The van der Waals surface area contributed by atoms with Crippen molar-refractivity contribution in [1.82, 2.24) is 0 Å². The van der Waals surface area contributed by atoms with Gasteiger partial charge in [-0.15, -0.1) is 0 Å². The number of esters is 4. The Bertz CT molecular complexity index is 1840. The Hall–Kier alpha value is -1.94. The summed E-state index contributed by atoms with van der Waals surface area (Å²) in [6.45, 7) is 11.8. The lowest BCUT2D eigenvalue weighted by Gasteiger charge is -2.21. The zero-order chi connectivity index (χ0) is 69.4. The number of carbonyl (C=O) groups is 4. The Morgan fingerprint density at radius 3 is 0.723 bits per heavy atom. The summed E-state index contributed by atoms with van der Waals surface area (Å²) >= 11 is 0. The number of ether oxygens (including phenoxy) is 4. The summed E-state index contributed by atoms with van der Waals surface area (Å²) in [5, 5.41) is 10.6. The van der Waals surface area contributed by atoms with Crippen molar-refractivity contribution in [2.45, 2.75) is 401 Å². The molecule has 0 radical (unpaired) electrons. The lowest BCUT2D eigenvalue weighted by atomic mass is 10.0. The highest BCUT2D eigenvalue weighted by Crippen LogP contribution is 2.45. The van der Waals surface area contributed by atoms with Crippen LogP contribution in [0.15, 0.2) is 0 Å². The molecule has 2 unspecified atom stereocenters. The average molecular weight is 1380 g/mol. The normalized spacial score (nSPS) is 14.1. The molecule has 0 bridgehead atoms. The third kappa shape index (κ3) is 68.6. The first kappa shape index (κ1) is 92.1. The van der Waals surface area contributed by atoms with Gasteiger partial charge in [-0.25, -0.2) is 9.13 Å². The lowest BCUT2D eigenvalue weighted by Crippen LogP contribution is -2.30. The van der Waals surface area contributed by atoms with Gasteiger partial charge < -0.3 is 33.8 Å². The fourth-order valence-electron chi connectivity index (χ4n) is 11.4. The second-order valence-electron chi connectivity index (χ2n) is 28.5. The highest BCUT2D eigenvalue weighted by molar-refractivity contribution is 7.47. The number of phosphoric ester groups is 2. The minimum Gasteiger partial charge on any atom is -0.462 e. The summed E-state index contributed by atoms with van der Waals surface area (Å²) in [6.07, 6.45) is 51.5. The molecule has 0 saturated carbocycles. The first-order valence-corrected chi connectivity index (χ1v) is 41.8. The molecular formula is C75H146O17P2. The van der Waals surface area contributed by atoms with Crippen molar-refractivity contribution >= 4 is 39.5 Å². The third-order valence-electron chi connectivity index (χ3n) is 17.4.